The first-order chi connectivity index (χ1) is 5.72. The highest BCUT2D eigenvalue weighted by atomic mass is 15.0. The van der Waals surface area contributed by atoms with Crippen LogP contribution in [0.25, 0.3) is 0 Å². The molecule has 1 rings (SSSR count). The van der Waals surface area contributed by atoms with E-state index in [-0.39, 0.29) is 0 Å². The van der Waals surface area contributed by atoms with Crippen molar-refractivity contribution in [2.75, 3.05) is 6.54 Å². The minimum absolute atomic E-state index is 0.367. The van der Waals surface area contributed by atoms with E-state index in [9.17, 15) is 0 Å². The van der Waals surface area contributed by atoms with E-state index in [4.69, 9.17) is 5.73 Å². The Morgan fingerprint density at radius 1 is 1.50 bits per heavy atom. The van der Waals surface area contributed by atoms with Gasteiger partial charge in [-0.2, -0.15) is 0 Å². The second kappa shape index (κ2) is 4.83. The van der Waals surface area contributed by atoms with E-state index in [2.05, 4.69) is 19.2 Å². The smallest absolute Gasteiger partial charge is 0.0165 e. The van der Waals surface area contributed by atoms with Gasteiger partial charge in [-0.15, -0.1) is 0 Å². The summed E-state index contributed by atoms with van der Waals surface area (Å²) >= 11 is 0. The fourth-order valence-electron chi connectivity index (χ4n) is 1.86. The fraction of sp³-hybridized carbons (Fsp3) is 1.00. The lowest BCUT2D eigenvalue weighted by Crippen LogP contribution is -2.45. The summed E-state index contributed by atoms with van der Waals surface area (Å²) in [6.07, 6.45) is 5.04. The predicted molar refractivity (Wildman–Crippen MR) is 53.1 cm³/mol. The second-order valence-corrected chi connectivity index (χ2v) is 4.23. The molecule has 1 fully saturated rings. The third-order valence-corrected chi connectivity index (χ3v) is 2.70. The first kappa shape index (κ1) is 10.0. The van der Waals surface area contributed by atoms with Crippen LogP contribution in [0.4, 0.5) is 0 Å². The Balaban J connectivity index is 1.95. The SMILES string of the molecule is CCCC(N)CNC1CC(C)C1. The van der Waals surface area contributed by atoms with Crippen molar-refractivity contribution in [3.8, 4) is 0 Å². The molecule has 0 aromatic carbocycles. The van der Waals surface area contributed by atoms with Crippen LogP contribution in [-0.4, -0.2) is 18.6 Å². The Hall–Kier alpha value is -0.0800. The van der Waals surface area contributed by atoms with Gasteiger partial charge in [0, 0.05) is 18.6 Å². The van der Waals surface area contributed by atoms with Crippen LogP contribution in [0, 0.1) is 5.92 Å². The zero-order valence-electron chi connectivity index (χ0n) is 8.34. The van der Waals surface area contributed by atoms with Crippen LogP contribution >= 0.6 is 0 Å². The molecule has 1 aliphatic rings. The third kappa shape index (κ3) is 3.11. The summed E-state index contributed by atoms with van der Waals surface area (Å²) in [7, 11) is 0. The summed E-state index contributed by atoms with van der Waals surface area (Å²) < 4.78 is 0. The molecule has 1 atom stereocenters. The summed E-state index contributed by atoms with van der Waals surface area (Å²) in [5, 5.41) is 3.51. The molecule has 2 nitrogen and oxygen atoms in total. The maximum atomic E-state index is 5.88. The van der Waals surface area contributed by atoms with Crippen molar-refractivity contribution in [2.24, 2.45) is 11.7 Å². The molecular weight excluding hydrogens is 148 g/mol. The van der Waals surface area contributed by atoms with Gasteiger partial charge in [0.2, 0.25) is 0 Å². The zero-order chi connectivity index (χ0) is 8.97. The third-order valence-electron chi connectivity index (χ3n) is 2.70. The van der Waals surface area contributed by atoms with Crippen molar-refractivity contribution in [2.45, 2.75) is 51.6 Å². The topological polar surface area (TPSA) is 38.0 Å². The van der Waals surface area contributed by atoms with Gasteiger partial charge in [0.15, 0.2) is 0 Å². The number of hydrogen-bond donors (Lipinski definition) is 2. The molecule has 0 aliphatic heterocycles. The number of nitrogens with one attached hydrogen (secondary N) is 1. The molecule has 0 bridgehead atoms. The van der Waals surface area contributed by atoms with E-state index >= 15 is 0 Å². The van der Waals surface area contributed by atoms with E-state index < -0.39 is 0 Å². The molecule has 0 heterocycles. The van der Waals surface area contributed by atoms with E-state index in [0.29, 0.717) is 6.04 Å². The van der Waals surface area contributed by atoms with Gasteiger partial charge in [0.1, 0.15) is 0 Å². The summed E-state index contributed by atoms with van der Waals surface area (Å²) in [6, 6.07) is 1.13. The highest BCUT2D eigenvalue weighted by Crippen LogP contribution is 2.25. The van der Waals surface area contributed by atoms with E-state index in [0.717, 1.165) is 24.9 Å². The Morgan fingerprint density at radius 3 is 2.67 bits per heavy atom. The van der Waals surface area contributed by atoms with E-state index in [1.54, 1.807) is 0 Å². The van der Waals surface area contributed by atoms with Crippen molar-refractivity contribution < 1.29 is 0 Å². The lowest BCUT2D eigenvalue weighted by molar-refractivity contribution is 0.237. The second-order valence-electron chi connectivity index (χ2n) is 4.23. The number of nitrogens with two attached hydrogens (primary N) is 1. The Morgan fingerprint density at radius 2 is 2.17 bits per heavy atom. The Bertz CT molecular complexity index is 114. The molecule has 72 valence electrons. The monoisotopic (exact) mass is 170 g/mol. The summed E-state index contributed by atoms with van der Waals surface area (Å²) in [5.74, 6) is 0.935. The molecule has 0 aromatic rings. The van der Waals surface area contributed by atoms with Gasteiger partial charge in [-0.1, -0.05) is 20.3 Å². The first-order valence-corrected chi connectivity index (χ1v) is 5.21. The molecule has 3 N–H and O–H groups in total. The van der Waals surface area contributed by atoms with Crippen LogP contribution in [0.15, 0.2) is 0 Å². The maximum Gasteiger partial charge on any atom is 0.0165 e. The molecule has 1 saturated carbocycles. The average Bonchev–Trinajstić information content (AvgIpc) is 1.96. The normalized spacial score (nSPS) is 31.2. The van der Waals surface area contributed by atoms with Gasteiger partial charge in [-0.05, 0) is 25.2 Å². The minimum atomic E-state index is 0.367. The van der Waals surface area contributed by atoms with Gasteiger partial charge < -0.3 is 11.1 Å². The van der Waals surface area contributed by atoms with Gasteiger partial charge in [0.05, 0.1) is 0 Å². The number of rotatable bonds is 5. The Labute approximate surface area is 75.9 Å². The van der Waals surface area contributed by atoms with Gasteiger partial charge >= 0.3 is 0 Å². The molecular formula is C10H22N2. The van der Waals surface area contributed by atoms with Gasteiger partial charge in [0.25, 0.3) is 0 Å². The van der Waals surface area contributed by atoms with Crippen molar-refractivity contribution in [3.05, 3.63) is 0 Å². The van der Waals surface area contributed by atoms with Crippen molar-refractivity contribution in [1.82, 2.24) is 5.32 Å². The molecule has 12 heavy (non-hydrogen) atoms. The van der Waals surface area contributed by atoms with Crippen LogP contribution in [0.1, 0.15) is 39.5 Å². The molecule has 0 saturated heterocycles. The molecule has 0 spiro atoms. The van der Waals surface area contributed by atoms with Crippen LogP contribution in [-0.2, 0) is 0 Å². The molecule has 0 radical (unpaired) electrons. The van der Waals surface area contributed by atoms with Crippen LogP contribution in [0.2, 0.25) is 0 Å². The highest BCUT2D eigenvalue weighted by molar-refractivity contribution is 4.83. The zero-order valence-corrected chi connectivity index (χ0v) is 8.34. The molecule has 1 aliphatic carbocycles. The lowest BCUT2D eigenvalue weighted by atomic mass is 9.82. The molecule has 2 heteroatoms. The van der Waals surface area contributed by atoms with E-state index in [1.807, 2.05) is 0 Å². The van der Waals surface area contributed by atoms with Gasteiger partial charge in [-0.25, -0.2) is 0 Å². The van der Waals surface area contributed by atoms with Crippen LogP contribution in [0.3, 0.4) is 0 Å². The largest absolute Gasteiger partial charge is 0.327 e. The van der Waals surface area contributed by atoms with Gasteiger partial charge in [-0.3, -0.25) is 0 Å². The quantitative estimate of drug-likeness (QED) is 0.656. The van der Waals surface area contributed by atoms with Crippen molar-refractivity contribution in [3.63, 3.8) is 0 Å². The van der Waals surface area contributed by atoms with Crippen LogP contribution < -0.4 is 11.1 Å². The van der Waals surface area contributed by atoms with Crippen molar-refractivity contribution in [1.29, 1.82) is 0 Å². The summed E-state index contributed by atoms with van der Waals surface area (Å²) in [4.78, 5) is 0. The van der Waals surface area contributed by atoms with Crippen LogP contribution in [0.5, 0.6) is 0 Å². The standard InChI is InChI=1S/C10H22N2/c1-3-4-9(11)7-12-10-5-8(2)6-10/h8-10,12H,3-7,11H2,1-2H3. The first-order valence-electron chi connectivity index (χ1n) is 5.21. The Kier molecular flexibility index (Phi) is 4.02. The van der Waals surface area contributed by atoms with E-state index in [1.165, 1.54) is 19.3 Å². The fourth-order valence-corrected chi connectivity index (χ4v) is 1.86. The molecule has 1 unspecified atom stereocenters. The lowest BCUT2D eigenvalue weighted by Gasteiger charge is -2.34. The number of hydrogen-bond acceptors (Lipinski definition) is 2. The maximum absolute atomic E-state index is 5.88. The molecule has 0 amide bonds. The molecule has 0 aromatic heterocycles. The average molecular weight is 170 g/mol. The highest BCUT2D eigenvalue weighted by Gasteiger charge is 2.24. The van der Waals surface area contributed by atoms with Crippen molar-refractivity contribution >= 4 is 0 Å². The minimum Gasteiger partial charge on any atom is -0.327 e. The summed E-state index contributed by atoms with van der Waals surface area (Å²) in [6.45, 7) is 5.50. The summed E-state index contributed by atoms with van der Waals surface area (Å²) in [5.41, 5.74) is 5.88. The predicted octanol–water partition coefficient (Wildman–Crippen LogP) is 1.50.